The highest BCUT2D eigenvalue weighted by Crippen LogP contribution is 2.22. The summed E-state index contributed by atoms with van der Waals surface area (Å²) in [5.74, 6) is 2.54. The number of hydrogen-bond acceptors (Lipinski definition) is 1. The van der Waals surface area contributed by atoms with E-state index in [2.05, 4.69) is 13.8 Å². The highest BCUT2D eigenvalue weighted by Gasteiger charge is 2.04. The summed E-state index contributed by atoms with van der Waals surface area (Å²) < 4.78 is 0. The molecule has 1 rings (SSSR count). The Balaban J connectivity index is 0. The van der Waals surface area contributed by atoms with Crippen molar-refractivity contribution in [1.29, 1.82) is 0 Å². The van der Waals surface area contributed by atoms with Gasteiger partial charge >= 0.3 is 0 Å². The zero-order chi connectivity index (χ0) is 9.28. The Hall–Kier alpha value is 0.0900. The fourth-order valence-electron chi connectivity index (χ4n) is 0.604. The van der Waals surface area contributed by atoms with E-state index in [9.17, 15) is 0 Å². The molecule has 0 saturated carbocycles. The minimum Gasteiger partial charge on any atom is -0.153 e. The molecule has 1 aliphatic heterocycles. The van der Waals surface area contributed by atoms with Crippen LogP contribution >= 0.6 is 11.8 Å². The maximum absolute atomic E-state index is 2.22. The van der Waals surface area contributed by atoms with Gasteiger partial charge in [-0.3, -0.25) is 0 Å². The van der Waals surface area contributed by atoms with Gasteiger partial charge in [0.1, 0.15) is 0 Å². The third-order valence-electron chi connectivity index (χ3n) is 1.37. The van der Waals surface area contributed by atoms with Crippen LogP contribution in [0.2, 0.25) is 0 Å². The van der Waals surface area contributed by atoms with Gasteiger partial charge in [-0.25, -0.2) is 0 Å². The van der Waals surface area contributed by atoms with Crippen molar-refractivity contribution in [2.24, 2.45) is 0 Å². The molecule has 1 heteroatoms. The minimum atomic E-state index is 1.27. The van der Waals surface area contributed by atoms with Crippen LogP contribution in [0.25, 0.3) is 0 Å². The number of hydrogen-bond donors (Lipinski definition) is 0. The van der Waals surface area contributed by atoms with E-state index in [-0.39, 0.29) is 0 Å². The van der Waals surface area contributed by atoms with E-state index < -0.39 is 0 Å². The fourth-order valence-corrected chi connectivity index (χ4v) is 1.81. The molecule has 0 radical (unpaired) electrons. The Kier molecular flexibility index (Phi) is 12.5. The van der Waals surface area contributed by atoms with Crippen LogP contribution in [0.4, 0.5) is 0 Å². The molecule has 0 aromatic carbocycles. The Bertz CT molecular complexity index is 91.4. The lowest BCUT2D eigenvalue weighted by molar-refractivity contribution is 1.29. The molecule has 1 aliphatic rings. The summed E-state index contributed by atoms with van der Waals surface area (Å²) in [4.78, 5) is 0. The van der Waals surface area contributed by atoms with E-state index in [0.717, 1.165) is 0 Å². The van der Waals surface area contributed by atoms with Gasteiger partial charge in [-0.2, -0.15) is 11.8 Å². The van der Waals surface area contributed by atoms with Crippen molar-refractivity contribution in [3.63, 3.8) is 0 Å². The summed E-state index contributed by atoms with van der Waals surface area (Å²) in [5, 5.41) is 0. The van der Waals surface area contributed by atoms with E-state index in [1.54, 1.807) is 11.1 Å². The molecule has 68 valence electrons. The standard InChI is InChI=1S/C6H10S.2C2H6/c1-5-3-7-4-6(5)2;2*1-2/h3-4H2,1-2H3;2*1-2H3. The van der Waals surface area contributed by atoms with Gasteiger partial charge < -0.3 is 0 Å². The van der Waals surface area contributed by atoms with Crippen molar-refractivity contribution >= 4 is 11.8 Å². The third kappa shape index (κ3) is 6.49. The van der Waals surface area contributed by atoms with Crippen molar-refractivity contribution in [2.75, 3.05) is 11.5 Å². The largest absolute Gasteiger partial charge is 0.153 e. The van der Waals surface area contributed by atoms with Crippen LogP contribution in [0.15, 0.2) is 11.1 Å². The molecular formula is C10H22S. The van der Waals surface area contributed by atoms with Gasteiger partial charge in [-0.15, -0.1) is 0 Å². The Labute approximate surface area is 76.5 Å². The minimum absolute atomic E-state index is 1.27. The van der Waals surface area contributed by atoms with Crippen LogP contribution in [-0.4, -0.2) is 11.5 Å². The van der Waals surface area contributed by atoms with E-state index in [1.807, 2.05) is 39.5 Å². The molecule has 0 aliphatic carbocycles. The van der Waals surface area contributed by atoms with E-state index >= 15 is 0 Å². The summed E-state index contributed by atoms with van der Waals surface area (Å²) in [5.41, 5.74) is 3.18. The lowest BCUT2D eigenvalue weighted by Gasteiger charge is -1.86. The second-order valence-corrected chi connectivity index (χ2v) is 3.04. The molecule has 0 bridgehead atoms. The number of rotatable bonds is 0. The summed E-state index contributed by atoms with van der Waals surface area (Å²) >= 11 is 2.02. The molecule has 0 aromatic rings. The summed E-state index contributed by atoms with van der Waals surface area (Å²) in [6.45, 7) is 12.4. The van der Waals surface area contributed by atoms with Crippen LogP contribution < -0.4 is 0 Å². The second-order valence-electron chi connectivity index (χ2n) is 2.05. The van der Waals surface area contributed by atoms with Gasteiger partial charge in [0.05, 0.1) is 0 Å². The molecule has 0 aromatic heterocycles. The lowest BCUT2D eigenvalue weighted by atomic mass is 10.2. The molecule has 0 spiro atoms. The van der Waals surface area contributed by atoms with Crippen molar-refractivity contribution < 1.29 is 0 Å². The number of thioether (sulfide) groups is 1. The van der Waals surface area contributed by atoms with Gasteiger partial charge in [-0.1, -0.05) is 38.8 Å². The normalized spacial score (nSPS) is 14.7. The summed E-state index contributed by atoms with van der Waals surface area (Å²) in [7, 11) is 0. The van der Waals surface area contributed by atoms with Crippen molar-refractivity contribution in [2.45, 2.75) is 41.5 Å². The van der Waals surface area contributed by atoms with Crippen LogP contribution in [0.3, 0.4) is 0 Å². The van der Waals surface area contributed by atoms with Crippen molar-refractivity contribution in [3.05, 3.63) is 11.1 Å². The Morgan fingerprint density at radius 2 is 1.09 bits per heavy atom. The molecule has 0 saturated heterocycles. The van der Waals surface area contributed by atoms with Crippen LogP contribution in [0.5, 0.6) is 0 Å². The van der Waals surface area contributed by atoms with Crippen LogP contribution in [0, 0.1) is 0 Å². The monoisotopic (exact) mass is 174 g/mol. The predicted octanol–water partition coefficient (Wildman–Crippen LogP) is 4.12. The first-order valence-electron chi connectivity index (χ1n) is 4.53. The van der Waals surface area contributed by atoms with Crippen molar-refractivity contribution in [1.82, 2.24) is 0 Å². The van der Waals surface area contributed by atoms with E-state index in [4.69, 9.17) is 0 Å². The molecular weight excluding hydrogens is 152 g/mol. The molecule has 0 unspecified atom stereocenters. The zero-order valence-corrected chi connectivity index (χ0v) is 9.64. The first kappa shape index (κ1) is 13.7. The molecule has 0 fully saturated rings. The first-order chi connectivity index (χ1) is 5.30. The molecule has 0 N–H and O–H groups in total. The fraction of sp³-hybridized carbons (Fsp3) is 0.800. The maximum atomic E-state index is 2.22. The Morgan fingerprint density at radius 1 is 0.818 bits per heavy atom. The highest BCUT2D eigenvalue weighted by atomic mass is 32.2. The quantitative estimate of drug-likeness (QED) is 0.498. The van der Waals surface area contributed by atoms with Gasteiger partial charge in [0.15, 0.2) is 0 Å². The topological polar surface area (TPSA) is 0 Å². The molecule has 11 heavy (non-hydrogen) atoms. The van der Waals surface area contributed by atoms with Crippen LogP contribution in [0.1, 0.15) is 41.5 Å². The maximum Gasteiger partial charge on any atom is 0.0146 e. The van der Waals surface area contributed by atoms with Gasteiger partial charge in [0.2, 0.25) is 0 Å². The van der Waals surface area contributed by atoms with Crippen molar-refractivity contribution in [3.8, 4) is 0 Å². The molecule has 0 nitrogen and oxygen atoms in total. The predicted molar refractivity (Wildman–Crippen MR) is 58.4 cm³/mol. The third-order valence-corrected chi connectivity index (χ3v) is 2.64. The first-order valence-corrected chi connectivity index (χ1v) is 5.69. The Morgan fingerprint density at radius 3 is 1.18 bits per heavy atom. The van der Waals surface area contributed by atoms with Gasteiger partial charge in [-0.05, 0) is 13.8 Å². The SMILES string of the molecule is CC.CC.CC1=C(C)CSC1. The summed E-state index contributed by atoms with van der Waals surface area (Å²) in [6, 6.07) is 0. The molecule has 1 heterocycles. The second kappa shape index (κ2) is 10.1. The molecule has 0 atom stereocenters. The van der Waals surface area contributed by atoms with Gasteiger partial charge in [0.25, 0.3) is 0 Å². The zero-order valence-electron chi connectivity index (χ0n) is 8.82. The lowest BCUT2D eigenvalue weighted by Crippen LogP contribution is -1.74. The summed E-state index contributed by atoms with van der Waals surface area (Å²) in [6.07, 6.45) is 0. The van der Waals surface area contributed by atoms with E-state index in [0.29, 0.717) is 0 Å². The van der Waals surface area contributed by atoms with E-state index in [1.165, 1.54) is 11.5 Å². The highest BCUT2D eigenvalue weighted by molar-refractivity contribution is 7.99. The molecule has 0 amide bonds. The van der Waals surface area contributed by atoms with Gasteiger partial charge in [0, 0.05) is 11.5 Å². The van der Waals surface area contributed by atoms with Crippen LogP contribution in [-0.2, 0) is 0 Å². The smallest absolute Gasteiger partial charge is 0.0146 e. The average molecular weight is 174 g/mol. The average Bonchev–Trinajstić information content (AvgIpc) is 2.44.